The quantitative estimate of drug-likeness (QED) is 0.789. The number of nitrogens with zero attached hydrogens (tertiary/aromatic N) is 2. The second kappa shape index (κ2) is 4.38. The SMILES string of the molecule is C#CCC(NC)c1nn(C)c2ccccc12. The Morgan fingerprint density at radius 1 is 1.50 bits per heavy atom. The highest BCUT2D eigenvalue weighted by atomic mass is 15.3. The fraction of sp³-hybridized carbons (Fsp3) is 0.308. The summed E-state index contributed by atoms with van der Waals surface area (Å²) in [5, 5.41) is 8.91. The van der Waals surface area contributed by atoms with Gasteiger partial charge in [-0.3, -0.25) is 4.68 Å². The summed E-state index contributed by atoms with van der Waals surface area (Å²) in [6, 6.07) is 8.31. The number of hydrogen-bond acceptors (Lipinski definition) is 2. The third-order valence-electron chi connectivity index (χ3n) is 2.79. The fourth-order valence-electron chi connectivity index (χ4n) is 1.95. The van der Waals surface area contributed by atoms with E-state index in [9.17, 15) is 0 Å². The van der Waals surface area contributed by atoms with Crippen molar-refractivity contribution in [2.24, 2.45) is 7.05 Å². The summed E-state index contributed by atoms with van der Waals surface area (Å²) >= 11 is 0. The van der Waals surface area contributed by atoms with Gasteiger partial charge in [-0.15, -0.1) is 12.3 Å². The third kappa shape index (κ3) is 1.68. The summed E-state index contributed by atoms with van der Waals surface area (Å²) in [4.78, 5) is 0. The minimum Gasteiger partial charge on any atom is -0.311 e. The van der Waals surface area contributed by atoms with Crippen molar-refractivity contribution in [1.29, 1.82) is 0 Å². The molecule has 0 radical (unpaired) electrons. The lowest BCUT2D eigenvalue weighted by Crippen LogP contribution is -2.16. The van der Waals surface area contributed by atoms with Crippen LogP contribution in [-0.2, 0) is 7.05 Å². The number of nitrogens with one attached hydrogen (secondary N) is 1. The predicted octanol–water partition coefficient (Wildman–Crippen LogP) is 1.86. The van der Waals surface area contributed by atoms with Crippen LogP contribution in [0, 0.1) is 12.3 Å². The van der Waals surface area contributed by atoms with Crippen molar-refractivity contribution in [2.75, 3.05) is 7.05 Å². The molecule has 1 heterocycles. The fourth-order valence-corrected chi connectivity index (χ4v) is 1.95. The molecule has 1 aromatic heterocycles. The van der Waals surface area contributed by atoms with Gasteiger partial charge in [-0.25, -0.2) is 0 Å². The van der Waals surface area contributed by atoms with Crippen LogP contribution in [0.15, 0.2) is 24.3 Å². The molecule has 3 nitrogen and oxygen atoms in total. The van der Waals surface area contributed by atoms with Crippen LogP contribution < -0.4 is 5.32 Å². The van der Waals surface area contributed by atoms with Crippen LogP contribution in [-0.4, -0.2) is 16.8 Å². The van der Waals surface area contributed by atoms with Crippen molar-refractivity contribution in [2.45, 2.75) is 12.5 Å². The molecule has 0 aliphatic carbocycles. The Balaban J connectivity index is 2.56. The van der Waals surface area contributed by atoms with Crippen LogP contribution in [0.2, 0.25) is 0 Å². The highest BCUT2D eigenvalue weighted by molar-refractivity contribution is 5.82. The molecule has 1 unspecified atom stereocenters. The van der Waals surface area contributed by atoms with Crippen LogP contribution in [0.1, 0.15) is 18.2 Å². The maximum atomic E-state index is 5.37. The number of hydrogen-bond donors (Lipinski definition) is 1. The number of aryl methyl sites for hydroxylation is 1. The van der Waals surface area contributed by atoms with E-state index in [1.807, 2.05) is 30.9 Å². The molecule has 1 N–H and O–H groups in total. The summed E-state index contributed by atoms with van der Waals surface area (Å²) in [6.07, 6.45) is 6.02. The molecule has 3 heteroatoms. The first-order valence-electron chi connectivity index (χ1n) is 5.30. The Kier molecular flexibility index (Phi) is 2.93. The number of terminal acetylenes is 1. The van der Waals surface area contributed by atoms with Gasteiger partial charge in [0.2, 0.25) is 0 Å². The normalized spacial score (nSPS) is 12.6. The number of rotatable bonds is 3. The molecular formula is C13H15N3. The molecule has 1 atom stereocenters. The van der Waals surface area contributed by atoms with Gasteiger partial charge in [-0.05, 0) is 13.1 Å². The topological polar surface area (TPSA) is 29.9 Å². The second-order valence-electron chi connectivity index (χ2n) is 3.78. The Labute approximate surface area is 95.5 Å². The summed E-state index contributed by atoms with van der Waals surface area (Å²) in [5.74, 6) is 2.68. The largest absolute Gasteiger partial charge is 0.311 e. The first-order valence-corrected chi connectivity index (χ1v) is 5.30. The minimum absolute atomic E-state index is 0.121. The van der Waals surface area contributed by atoms with Gasteiger partial charge in [0.25, 0.3) is 0 Å². The highest BCUT2D eigenvalue weighted by Gasteiger charge is 2.15. The van der Waals surface area contributed by atoms with Crippen molar-refractivity contribution < 1.29 is 0 Å². The van der Waals surface area contributed by atoms with E-state index in [0.29, 0.717) is 6.42 Å². The van der Waals surface area contributed by atoms with Crippen LogP contribution in [0.25, 0.3) is 10.9 Å². The second-order valence-corrected chi connectivity index (χ2v) is 3.78. The van der Waals surface area contributed by atoms with Gasteiger partial charge in [-0.1, -0.05) is 18.2 Å². The molecule has 0 bridgehead atoms. The summed E-state index contributed by atoms with van der Waals surface area (Å²) in [5.41, 5.74) is 2.16. The van der Waals surface area contributed by atoms with Gasteiger partial charge in [0, 0.05) is 18.9 Å². The Morgan fingerprint density at radius 2 is 2.25 bits per heavy atom. The van der Waals surface area contributed by atoms with Gasteiger partial charge in [0.15, 0.2) is 0 Å². The van der Waals surface area contributed by atoms with Crippen LogP contribution in [0.4, 0.5) is 0 Å². The monoisotopic (exact) mass is 213 g/mol. The number of benzene rings is 1. The predicted molar refractivity (Wildman–Crippen MR) is 66.0 cm³/mol. The maximum absolute atomic E-state index is 5.37. The van der Waals surface area contributed by atoms with E-state index in [1.54, 1.807) is 0 Å². The molecule has 0 amide bonds. The molecule has 0 aliphatic heterocycles. The Morgan fingerprint density at radius 3 is 2.94 bits per heavy atom. The smallest absolute Gasteiger partial charge is 0.0882 e. The molecular weight excluding hydrogens is 198 g/mol. The number of fused-ring (bicyclic) bond motifs is 1. The van der Waals surface area contributed by atoms with Gasteiger partial charge < -0.3 is 5.32 Å². The Bertz CT molecular complexity index is 534. The van der Waals surface area contributed by atoms with Crippen LogP contribution in [0.3, 0.4) is 0 Å². The third-order valence-corrected chi connectivity index (χ3v) is 2.79. The van der Waals surface area contributed by atoms with Crippen molar-refractivity contribution in [3.05, 3.63) is 30.0 Å². The molecule has 0 saturated heterocycles. The first-order chi connectivity index (χ1) is 7.77. The molecule has 0 spiro atoms. The molecule has 2 rings (SSSR count). The van der Waals surface area contributed by atoms with E-state index < -0.39 is 0 Å². The average Bonchev–Trinajstić information content (AvgIpc) is 2.65. The van der Waals surface area contributed by atoms with Crippen molar-refractivity contribution >= 4 is 10.9 Å². The van der Waals surface area contributed by atoms with Crippen molar-refractivity contribution in [3.8, 4) is 12.3 Å². The zero-order valence-electron chi connectivity index (χ0n) is 9.57. The van der Waals surface area contributed by atoms with E-state index in [4.69, 9.17) is 6.42 Å². The van der Waals surface area contributed by atoms with Gasteiger partial charge in [0.05, 0.1) is 17.3 Å². The first kappa shape index (κ1) is 10.7. The minimum atomic E-state index is 0.121. The average molecular weight is 213 g/mol. The van der Waals surface area contributed by atoms with Gasteiger partial charge >= 0.3 is 0 Å². The maximum Gasteiger partial charge on any atom is 0.0882 e. The molecule has 0 aliphatic rings. The van der Waals surface area contributed by atoms with Crippen LogP contribution >= 0.6 is 0 Å². The summed E-state index contributed by atoms with van der Waals surface area (Å²) < 4.78 is 1.89. The van der Waals surface area contributed by atoms with Gasteiger partial charge in [0.1, 0.15) is 0 Å². The van der Waals surface area contributed by atoms with Gasteiger partial charge in [-0.2, -0.15) is 5.10 Å². The van der Waals surface area contributed by atoms with E-state index in [1.165, 1.54) is 5.39 Å². The Hall–Kier alpha value is -1.79. The molecule has 82 valence electrons. The lowest BCUT2D eigenvalue weighted by molar-refractivity contribution is 0.583. The zero-order chi connectivity index (χ0) is 11.5. The van der Waals surface area contributed by atoms with E-state index in [-0.39, 0.29) is 6.04 Å². The summed E-state index contributed by atoms with van der Waals surface area (Å²) in [7, 11) is 3.86. The number of para-hydroxylation sites is 1. The van der Waals surface area contributed by atoms with E-state index >= 15 is 0 Å². The van der Waals surface area contributed by atoms with E-state index in [2.05, 4.69) is 28.5 Å². The zero-order valence-corrected chi connectivity index (χ0v) is 9.57. The summed E-state index contributed by atoms with van der Waals surface area (Å²) in [6.45, 7) is 0. The molecule has 2 aromatic rings. The van der Waals surface area contributed by atoms with E-state index in [0.717, 1.165) is 11.2 Å². The molecule has 0 fully saturated rings. The number of aromatic nitrogens is 2. The standard InChI is InChI=1S/C13H15N3/c1-4-7-11(14-2)13-10-8-5-6-9-12(10)16(3)15-13/h1,5-6,8-9,11,14H,7H2,2-3H3. The highest BCUT2D eigenvalue weighted by Crippen LogP contribution is 2.24. The molecule has 0 saturated carbocycles. The lowest BCUT2D eigenvalue weighted by Gasteiger charge is -2.10. The molecule has 1 aromatic carbocycles. The van der Waals surface area contributed by atoms with Crippen molar-refractivity contribution in [3.63, 3.8) is 0 Å². The van der Waals surface area contributed by atoms with Crippen LogP contribution in [0.5, 0.6) is 0 Å². The molecule has 16 heavy (non-hydrogen) atoms. The lowest BCUT2D eigenvalue weighted by atomic mass is 10.1. The van der Waals surface area contributed by atoms with Crippen molar-refractivity contribution in [1.82, 2.24) is 15.1 Å².